The van der Waals surface area contributed by atoms with E-state index in [4.69, 9.17) is 0 Å². The number of aromatic nitrogens is 1. The first-order valence-electron chi connectivity index (χ1n) is 7.73. The lowest BCUT2D eigenvalue weighted by Crippen LogP contribution is -2.26. The van der Waals surface area contributed by atoms with Crippen molar-refractivity contribution >= 4 is 17.5 Å². The van der Waals surface area contributed by atoms with Gasteiger partial charge in [0, 0.05) is 12.2 Å². The van der Waals surface area contributed by atoms with E-state index in [1.165, 1.54) is 0 Å². The minimum absolute atomic E-state index is 0.216. The number of rotatable bonds is 6. The van der Waals surface area contributed by atoms with Crippen molar-refractivity contribution in [1.82, 2.24) is 10.3 Å². The Balaban J connectivity index is 2.04. The van der Waals surface area contributed by atoms with Gasteiger partial charge < -0.3 is 10.6 Å². The number of unbranched alkanes of at least 4 members (excludes halogenated alkanes) is 1. The van der Waals surface area contributed by atoms with E-state index >= 15 is 0 Å². The van der Waals surface area contributed by atoms with E-state index in [1.54, 1.807) is 18.2 Å². The quantitative estimate of drug-likeness (QED) is 0.805. The zero-order chi connectivity index (χ0) is 16.7. The van der Waals surface area contributed by atoms with Crippen molar-refractivity contribution in [2.45, 2.75) is 26.7 Å². The molecular weight excluding hydrogens is 290 g/mol. The lowest BCUT2D eigenvalue weighted by molar-refractivity contribution is 0.0948. The fraction of sp³-hybridized carbons (Fsp3) is 0.278. The summed E-state index contributed by atoms with van der Waals surface area (Å²) in [7, 11) is 0. The maximum absolute atomic E-state index is 12.2. The molecule has 0 radical (unpaired) electrons. The molecule has 0 saturated heterocycles. The van der Waals surface area contributed by atoms with Gasteiger partial charge in [-0.05, 0) is 37.6 Å². The molecule has 2 amide bonds. The average molecular weight is 311 g/mol. The lowest BCUT2D eigenvalue weighted by Gasteiger charge is -2.07. The first kappa shape index (κ1) is 16.7. The van der Waals surface area contributed by atoms with Crippen LogP contribution in [0, 0.1) is 6.92 Å². The number of carbonyl (C=O) groups is 2. The van der Waals surface area contributed by atoms with Gasteiger partial charge in [-0.1, -0.05) is 37.1 Å². The first-order valence-corrected chi connectivity index (χ1v) is 7.73. The third kappa shape index (κ3) is 4.92. The van der Waals surface area contributed by atoms with Gasteiger partial charge in [-0.15, -0.1) is 0 Å². The van der Waals surface area contributed by atoms with Crippen LogP contribution in [0.5, 0.6) is 0 Å². The van der Waals surface area contributed by atoms with Crippen LogP contribution < -0.4 is 10.6 Å². The van der Waals surface area contributed by atoms with Crippen LogP contribution in [0.1, 0.15) is 46.3 Å². The summed E-state index contributed by atoms with van der Waals surface area (Å²) < 4.78 is 0. The SMILES string of the molecule is CCCCNC(=O)c1cccc(C(=O)Nc2ccc(C)cc2)n1. The molecule has 0 bridgehead atoms. The smallest absolute Gasteiger partial charge is 0.274 e. The van der Waals surface area contributed by atoms with Crippen LogP contribution in [-0.2, 0) is 0 Å². The zero-order valence-electron chi connectivity index (χ0n) is 13.4. The van der Waals surface area contributed by atoms with Crippen molar-refractivity contribution in [1.29, 1.82) is 0 Å². The number of hydrogen-bond donors (Lipinski definition) is 2. The maximum atomic E-state index is 12.2. The second kappa shape index (κ2) is 8.08. The summed E-state index contributed by atoms with van der Waals surface area (Å²) in [6.45, 7) is 4.64. The van der Waals surface area contributed by atoms with Gasteiger partial charge in [-0.2, -0.15) is 0 Å². The molecule has 0 spiro atoms. The van der Waals surface area contributed by atoms with E-state index in [0.717, 1.165) is 18.4 Å². The van der Waals surface area contributed by atoms with Gasteiger partial charge >= 0.3 is 0 Å². The summed E-state index contributed by atoms with van der Waals surface area (Å²) in [5.74, 6) is -0.597. The third-order valence-electron chi connectivity index (χ3n) is 3.34. The fourth-order valence-electron chi connectivity index (χ4n) is 1.99. The Labute approximate surface area is 136 Å². The molecule has 1 heterocycles. The van der Waals surface area contributed by atoms with Crippen LogP contribution in [0.3, 0.4) is 0 Å². The van der Waals surface area contributed by atoms with Gasteiger partial charge in [0.25, 0.3) is 11.8 Å². The molecule has 1 aromatic heterocycles. The summed E-state index contributed by atoms with van der Waals surface area (Å²) in [5, 5.41) is 5.56. The van der Waals surface area contributed by atoms with E-state index in [9.17, 15) is 9.59 Å². The Hall–Kier alpha value is -2.69. The van der Waals surface area contributed by atoms with Gasteiger partial charge in [0.15, 0.2) is 0 Å². The van der Waals surface area contributed by atoms with Gasteiger partial charge in [0.1, 0.15) is 11.4 Å². The highest BCUT2D eigenvalue weighted by atomic mass is 16.2. The van der Waals surface area contributed by atoms with E-state index in [1.807, 2.05) is 31.2 Å². The topological polar surface area (TPSA) is 71.1 Å². The number of aryl methyl sites for hydroxylation is 1. The summed E-state index contributed by atoms with van der Waals surface area (Å²) in [6, 6.07) is 12.3. The van der Waals surface area contributed by atoms with Gasteiger partial charge in [0.2, 0.25) is 0 Å². The number of benzene rings is 1. The molecule has 0 aliphatic rings. The minimum Gasteiger partial charge on any atom is -0.351 e. The van der Waals surface area contributed by atoms with E-state index in [0.29, 0.717) is 12.2 Å². The second-order valence-electron chi connectivity index (χ2n) is 5.34. The highest BCUT2D eigenvalue weighted by molar-refractivity contribution is 6.03. The molecule has 0 saturated carbocycles. The lowest BCUT2D eigenvalue weighted by atomic mass is 10.2. The van der Waals surface area contributed by atoms with Crippen LogP contribution in [0.25, 0.3) is 0 Å². The number of nitrogens with zero attached hydrogens (tertiary/aromatic N) is 1. The molecular formula is C18H21N3O2. The van der Waals surface area contributed by atoms with Crippen LogP contribution in [0.4, 0.5) is 5.69 Å². The highest BCUT2D eigenvalue weighted by Crippen LogP contribution is 2.10. The average Bonchev–Trinajstić information content (AvgIpc) is 2.57. The number of nitrogens with one attached hydrogen (secondary N) is 2. The molecule has 2 aromatic rings. The van der Waals surface area contributed by atoms with E-state index in [2.05, 4.69) is 22.5 Å². The molecule has 23 heavy (non-hydrogen) atoms. The van der Waals surface area contributed by atoms with Crippen molar-refractivity contribution in [2.75, 3.05) is 11.9 Å². The molecule has 5 nitrogen and oxygen atoms in total. The summed E-state index contributed by atoms with van der Waals surface area (Å²) >= 11 is 0. The number of hydrogen-bond acceptors (Lipinski definition) is 3. The third-order valence-corrected chi connectivity index (χ3v) is 3.34. The monoisotopic (exact) mass is 311 g/mol. The molecule has 2 rings (SSSR count). The molecule has 5 heteroatoms. The Morgan fingerprint density at radius 2 is 1.65 bits per heavy atom. The molecule has 1 aromatic carbocycles. The van der Waals surface area contributed by atoms with Crippen LogP contribution in [0.2, 0.25) is 0 Å². The Kier molecular flexibility index (Phi) is 5.86. The number of pyridine rings is 1. The van der Waals surface area contributed by atoms with Crippen LogP contribution in [-0.4, -0.2) is 23.3 Å². The molecule has 0 fully saturated rings. The normalized spacial score (nSPS) is 10.2. The molecule has 2 N–H and O–H groups in total. The summed E-state index contributed by atoms with van der Waals surface area (Å²) in [6.07, 6.45) is 1.92. The molecule has 0 aliphatic heterocycles. The second-order valence-corrected chi connectivity index (χ2v) is 5.34. The minimum atomic E-state index is -0.336. The fourth-order valence-corrected chi connectivity index (χ4v) is 1.99. The highest BCUT2D eigenvalue weighted by Gasteiger charge is 2.12. The standard InChI is InChI=1S/C18H21N3O2/c1-3-4-12-19-17(22)15-6-5-7-16(21-15)18(23)20-14-10-8-13(2)9-11-14/h5-11H,3-4,12H2,1-2H3,(H,19,22)(H,20,23). The first-order chi connectivity index (χ1) is 11.1. The van der Waals surface area contributed by atoms with Crippen molar-refractivity contribution < 1.29 is 9.59 Å². The predicted molar refractivity (Wildman–Crippen MR) is 90.6 cm³/mol. The van der Waals surface area contributed by atoms with Crippen molar-refractivity contribution in [3.05, 3.63) is 59.4 Å². The number of amides is 2. The largest absolute Gasteiger partial charge is 0.351 e. The maximum Gasteiger partial charge on any atom is 0.274 e. The van der Waals surface area contributed by atoms with Crippen molar-refractivity contribution in [3.8, 4) is 0 Å². The van der Waals surface area contributed by atoms with Gasteiger partial charge in [0.05, 0.1) is 0 Å². The number of anilines is 1. The van der Waals surface area contributed by atoms with Crippen LogP contribution >= 0.6 is 0 Å². The van der Waals surface area contributed by atoms with E-state index < -0.39 is 0 Å². The molecule has 0 atom stereocenters. The zero-order valence-corrected chi connectivity index (χ0v) is 13.4. The summed E-state index contributed by atoms with van der Waals surface area (Å²) in [4.78, 5) is 28.4. The Morgan fingerprint density at radius 1 is 1.00 bits per heavy atom. The molecule has 120 valence electrons. The molecule has 0 aliphatic carbocycles. The molecule has 0 unspecified atom stereocenters. The Bertz CT molecular complexity index is 681. The van der Waals surface area contributed by atoms with Crippen molar-refractivity contribution in [2.24, 2.45) is 0 Å². The number of carbonyl (C=O) groups excluding carboxylic acids is 2. The van der Waals surface area contributed by atoms with Gasteiger partial charge in [-0.3, -0.25) is 9.59 Å². The van der Waals surface area contributed by atoms with Crippen LogP contribution in [0.15, 0.2) is 42.5 Å². The predicted octanol–water partition coefficient (Wildman–Crippen LogP) is 3.17. The summed E-state index contributed by atoms with van der Waals surface area (Å²) in [5.41, 5.74) is 2.28. The van der Waals surface area contributed by atoms with E-state index in [-0.39, 0.29) is 23.2 Å². The van der Waals surface area contributed by atoms with Crippen molar-refractivity contribution in [3.63, 3.8) is 0 Å². The Morgan fingerprint density at radius 3 is 2.30 bits per heavy atom. The van der Waals surface area contributed by atoms with Gasteiger partial charge in [-0.25, -0.2) is 4.98 Å².